The van der Waals surface area contributed by atoms with Crippen LogP contribution in [0.4, 0.5) is 5.69 Å². The summed E-state index contributed by atoms with van der Waals surface area (Å²) in [5.41, 5.74) is 7.86. The maximum absolute atomic E-state index is 14.4. The third kappa shape index (κ3) is 5.19. The molecule has 234 valence electrons. The van der Waals surface area contributed by atoms with Crippen LogP contribution in [0.1, 0.15) is 64.6 Å². The first-order chi connectivity index (χ1) is 22.3. The Morgan fingerprint density at radius 1 is 1.02 bits per heavy atom. The molecular weight excluding hydrogens is 570 g/mol. The Balaban J connectivity index is 1.29. The molecule has 7 nitrogen and oxygen atoms in total. The van der Waals surface area contributed by atoms with Gasteiger partial charge in [-0.2, -0.15) is 5.26 Å². The van der Waals surface area contributed by atoms with Gasteiger partial charge in [-0.05, 0) is 41.9 Å². The second kappa shape index (κ2) is 12.1. The average molecular weight is 612 g/mol. The molecule has 0 N–H and O–H groups in total. The number of piperazine rings is 1. The Kier molecular flexibility index (Phi) is 7.95. The predicted molar refractivity (Wildman–Crippen MR) is 182 cm³/mol. The van der Waals surface area contributed by atoms with Crippen LogP contribution >= 0.6 is 0 Å². The molecule has 1 aliphatic carbocycles. The van der Waals surface area contributed by atoms with E-state index in [9.17, 15) is 10.1 Å². The first-order valence-corrected chi connectivity index (χ1v) is 16.4. The van der Waals surface area contributed by atoms with E-state index in [0.717, 1.165) is 97.0 Å². The number of hydrogen-bond acceptors (Lipinski definition) is 6. The molecule has 0 atom stereocenters. The summed E-state index contributed by atoms with van der Waals surface area (Å²) < 4.78 is 7.59. The smallest absolute Gasteiger partial charge is 0.195 e. The van der Waals surface area contributed by atoms with Gasteiger partial charge in [0, 0.05) is 67.4 Å². The van der Waals surface area contributed by atoms with Gasteiger partial charge in [0.05, 0.1) is 54.2 Å². The minimum Gasteiger partial charge on any atom is -0.378 e. The SMILES string of the molecule is CCN(CC#Cc1cc2c(cc1N1CCN(C3COC3)CC1)C(C)(C)c1c(c3ccc(C#N)cc3n1C)C2=O)Cc1ccccc1. The topological polar surface area (TPSA) is 64.7 Å². The number of carbonyl (C=O) groups is 1. The van der Waals surface area contributed by atoms with Crippen molar-refractivity contribution in [3.05, 3.63) is 99.7 Å². The van der Waals surface area contributed by atoms with Gasteiger partial charge in [-0.15, -0.1) is 0 Å². The lowest BCUT2D eigenvalue weighted by atomic mass is 9.70. The average Bonchev–Trinajstić information content (AvgIpc) is 3.35. The third-order valence-corrected chi connectivity index (χ3v) is 10.2. The number of fused-ring (bicyclic) bond motifs is 4. The lowest BCUT2D eigenvalue weighted by molar-refractivity contribution is -0.0660. The Labute approximate surface area is 272 Å². The number of hydrogen-bond donors (Lipinski definition) is 0. The number of anilines is 1. The number of nitriles is 1. The maximum Gasteiger partial charge on any atom is 0.195 e. The van der Waals surface area contributed by atoms with Crippen LogP contribution in [0.2, 0.25) is 0 Å². The molecule has 0 radical (unpaired) electrons. The molecule has 2 aliphatic heterocycles. The van der Waals surface area contributed by atoms with Crippen LogP contribution in [0.15, 0.2) is 60.7 Å². The number of benzene rings is 3. The van der Waals surface area contributed by atoms with Gasteiger partial charge >= 0.3 is 0 Å². The van der Waals surface area contributed by atoms with E-state index in [1.54, 1.807) is 0 Å². The highest BCUT2D eigenvalue weighted by atomic mass is 16.5. The molecule has 46 heavy (non-hydrogen) atoms. The summed E-state index contributed by atoms with van der Waals surface area (Å²) in [6, 6.07) is 23.2. The highest BCUT2D eigenvalue weighted by molar-refractivity contribution is 6.20. The van der Waals surface area contributed by atoms with Crippen molar-refractivity contribution in [1.82, 2.24) is 14.4 Å². The van der Waals surface area contributed by atoms with Crippen LogP contribution in [0.25, 0.3) is 10.9 Å². The van der Waals surface area contributed by atoms with Gasteiger partial charge in [0.2, 0.25) is 0 Å². The minimum absolute atomic E-state index is 0.0308. The van der Waals surface area contributed by atoms with Gasteiger partial charge in [0.1, 0.15) is 0 Å². The van der Waals surface area contributed by atoms with Crippen LogP contribution < -0.4 is 4.90 Å². The lowest BCUT2D eigenvalue weighted by Gasteiger charge is -2.44. The number of ether oxygens (including phenoxy) is 1. The zero-order valence-electron chi connectivity index (χ0n) is 27.3. The van der Waals surface area contributed by atoms with Gasteiger partial charge in [-0.3, -0.25) is 14.6 Å². The standard InChI is InChI=1S/C39H41N5O2/c1-5-42(24-27-10-7-6-8-11-27)15-9-12-29-21-32-33(22-34(29)44-18-16-43(17-19-44)30-25-46-26-30)39(2,3)38-36(37(32)45)31-14-13-28(23-40)20-35(31)41(38)4/h6-8,10-11,13-14,20-22,30H,5,15-19,24-26H2,1-4H3. The van der Waals surface area contributed by atoms with Crippen molar-refractivity contribution in [2.45, 2.75) is 38.8 Å². The lowest BCUT2D eigenvalue weighted by Crippen LogP contribution is -2.56. The summed E-state index contributed by atoms with van der Waals surface area (Å²) in [7, 11) is 2.02. The van der Waals surface area contributed by atoms with E-state index in [1.165, 1.54) is 5.56 Å². The van der Waals surface area contributed by atoms with E-state index in [-0.39, 0.29) is 5.78 Å². The van der Waals surface area contributed by atoms with E-state index in [0.29, 0.717) is 18.2 Å². The first-order valence-electron chi connectivity index (χ1n) is 16.4. The summed E-state index contributed by atoms with van der Waals surface area (Å²) in [5, 5.41) is 10.5. The Bertz CT molecular complexity index is 1910. The number of ketones is 1. The number of carbonyl (C=O) groups excluding carboxylic acids is 1. The van der Waals surface area contributed by atoms with E-state index in [1.807, 2.05) is 31.3 Å². The van der Waals surface area contributed by atoms with Gasteiger partial charge in [-0.25, -0.2) is 0 Å². The van der Waals surface area contributed by atoms with Crippen LogP contribution in [-0.4, -0.2) is 78.7 Å². The molecule has 1 aromatic heterocycles. The maximum atomic E-state index is 14.4. The molecule has 0 bridgehead atoms. The fraction of sp³-hybridized carbons (Fsp3) is 0.385. The van der Waals surface area contributed by atoms with E-state index >= 15 is 0 Å². The molecule has 7 rings (SSSR count). The van der Waals surface area contributed by atoms with Crippen LogP contribution in [-0.2, 0) is 23.7 Å². The van der Waals surface area contributed by atoms with Gasteiger partial charge in [0.15, 0.2) is 5.78 Å². The van der Waals surface area contributed by atoms with Crippen molar-refractivity contribution < 1.29 is 9.53 Å². The second-order valence-electron chi connectivity index (χ2n) is 13.3. The number of aryl methyl sites for hydroxylation is 1. The van der Waals surface area contributed by atoms with Crippen molar-refractivity contribution >= 4 is 22.4 Å². The molecule has 2 saturated heterocycles. The number of nitrogens with zero attached hydrogens (tertiary/aromatic N) is 5. The monoisotopic (exact) mass is 611 g/mol. The molecular formula is C39H41N5O2. The zero-order valence-corrected chi connectivity index (χ0v) is 27.3. The fourth-order valence-electron chi connectivity index (χ4n) is 7.51. The van der Waals surface area contributed by atoms with Gasteiger partial charge in [-0.1, -0.05) is 69.0 Å². The van der Waals surface area contributed by atoms with Crippen LogP contribution in [0.5, 0.6) is 0 Å². The molecule has 0 saturated carbocycles. The summed E-state index contributed by atoms with van der Waals surface area (Å²) in [6.45, 7) is 14.4. The Morgan fingerprint density at radius 2 is 1.78 bits per heavy atom. The highest BCUT2D eigenvalue weighted by Gasteiger charge is 2.42. The minimum atomic E-state index is -0.431. The zero-order chi connectivity index (χ0) is 32.0. The molecule has 7 heteroatoms. The summed E-state index contributed by atoms with van der Waals surface area (Å²) >= 11 is 0. The van der Waals surface area contributed by atoms with Crippen LogP contribution in [0, 0.1) is 23.2 Å². The third-order valence-electron chi connectivity index (χ3n) is 10.2. The van der Waals surface area contributed by atoms with Crippen LogP contribution in [0.3, 0.4) is 0 Å². The first kappa shape index (κ1) is 30.3. The number of aromatic nitrogens is 1. The summed E-state index contributed by atoms with van der Waals surface area (Å²) in [5.74, 6) is 7.05. The molecule has 0 unspecified atom stereocenters. The van der Waals surface area contributed by atoms with Crippen molar-refractivity contribution in [1.29, 1.82) is 5.26 Å². The molecule has 0 amide bonds. The van der Waals surface area contributed by atoms with E-state index in [2.05, 4.69) is 94.3 Å². The molecule has 0 spiro atoms. The molecule has 2 fully saturated rings. The van der Waals surface area contributed by atoms with E-state index in [4.69, 9.17) is 4.74 Å². The fourth-order valence-corrected chi connectivity index (χ4v) is 7.51. The normalized spacial score (nSPS) is 17.7. The largest absolute Gasteiger partial charge is 0.378 e. The number of rotatable bonds is 6. The highest BCUT2D eigenvalue weighted by Crippen LogP contribution is 2.47. The molecule has 3 aliphatic rings. The molecule has 3 heterocycles. The summed E-state index contributed by atoms with van der Waals surface area (Å²) in [4.78, 5) is 21.8. The quantitative estimate of drug-likeness (QED) is 0.275. The van der Waals surface area contributed by atoms with E-state index < -0.39 is 5.41 Å². The molecule has 4 aromatic rings. The summed E-state index contributed by atoms with van der Waals surface area (Å²) in [6.07, 6.45) is 0. The predicted octanol–water partition coefficient (Wildman–Crippen LogP) is 5.31. The van der Waals surface area contributed by atoms with Crippen molar-refractivity contribution in [2.24, 2.45) is 7.05 Å². The second-order valence-corrected chi connectivity index (χ2v) is 13.3. The van der Waals surface area contributed by atoms with Gasteiger partial charge < -0.3 is 14.2 Å². The van der Waals surface area contributed by atoms with Gasteiger partial charge in [0.25, 0.3) is 0 Å². The molecule has 3 aromatic carbocycles. The Hall–Kier alpha value is -4.40. The van der Waals surface area contributed by atoms with Crippen molar-refractivity contribution in [3.63, 3.8) is 0 Å². The Morgan fingerprint density at radius 3 is 2.46 bits per heavy atom. The van der Waals surface area contributed by atoms with Crippen molar-refractivity contribution in [2.75, 3.05) is 57.4 Å². The van der Waals surface area contributed by atoms with Crippen molar-refractivity contribution in [3.8, 4) is 17.9 Å².